The number of hydrogen-bond donors (Lipinski definition) is 1. The van der Waals surface area contributed by atoms with Crippen LogP contribution in [0.5, 0.6) is 0 Å². The van der Waals surface area contributed by atoms with Gasteiger partial charge in [0.25, 0.3) is 0 Å². The van der Waals surface area contributed by atoms with Crippen molar-refractivity contribution in [3.05, 3.63) is 41.3 Å². The van der Waals surface area contributed by atoms with Crippen LogP contribution in [0.25, 0.3) is 11.3 Å². The Kier molecular flexibility index (Phi) is 2.08. The minimum absolute atomic E-state index is 0.264. The van der Waals surface area contributed by atoms with Crippen LogP contribution in [0, 0.1) is 17.3 Å². The van der Waals surface area contributed by atoms with Crippen molar-refractivity contribution in [3.8, 4) is 17.5 Å². The highest BCUT2D eigenvalue weighted by Gasteiger charge is 2.24. The van der Waals surface area contributed by atoms with Gasteiger partial charge in [0.2, 0.25) is 0 Å². The van der Waals surface area contributed by atoms with E-state index in [1.807, 2.05) is 0 Å². The third-order valence-electron chi connectivity index (χ3n) is 2.91. The largest absolute Gasteiger partial charge is 0.300 e. The highest BCUT2D eigenvalue weighted by atomic mass is 19.1. The van der Waals surface area contributed by atoms with Crippen LogP contribution < -0.4 is 0 Å². The molecular weight excluding hydrogens is 219 g/mol. The molecule has 1 aromatic heterocycles. The molecule has 0 atom stereocenters. The number of benzene rings is 1. The van der Waals surface area contributed by atoms with Crippen molar-refractivity contribution >= 4 is 0 Å². The van der Waals surface area contributed by atoms with Crippen LogP contribution in [0.2, 0.25) is 0 Å². The summed E-state index contributed by atoms with van der Waals surface area (Å²) in [4.78, 5) is 1.65. The van der Waals surface area contributed by atoms with E-state index in [0.29, 0.717) is 13.1 Å². The van der Waals surface area contributed by atoms with Crippen LogP contribution >= 0.6 is 0 Å². The molecule has 1 aliphatic rings. The molecular formula is C12H9FN4. The molecule has 0 spiro atoms. The molecule has 0 saturated carbocycles. The van der Waals surface area contributed by atoms with Crippen molar-refractivity contribution in [2.45, 2.75) is 13.1 Å². The molecule has 2 heterocycles. The van der Waals surface area contributed by atoms with E-state index in [4.69, 9.17) is 5.26 Å². The van der Waals surface area contributed by atoms with E-state index in [0.717, 1.165) is 22.5 Å². The standard InChI is InChI=1S/C12H9FN4/c13-9-3-1-8(2-4-9)12-10-5-17(7-14)6-11(10)15-16-12/h1-4H,5-6H2,(H,15,16). The Morgan fingerprint density at radius 2 is 2.06 bits per heavy atom. The smallest absolute Gasteiger partial charge is 0.180 e. The Morgan fingerprint density at radius 1 is 1.29 bits per heavy atom. The highest BCUT2D eigenvalue weighted by molar-refractivity contribution is 5.64. The lowest BCUT2D eigenvalue weighted by molar-refractivity contribution is 0.412. The summed E-state index contributed by atoms with van der Waals surface area (Å²) in [5.41, 5.74) is 3.66. The average molecular weight is 228 g/mol. The van der Waals surface area contributed by atoms with E-state index in [1.54, 1.807) is 17.0 Å². The van der Waals surface area contributed by atoms with Crippen LogP contribution in [0.15, 0.2) is 24.3 Å². The number of nitrogens with zero attached hydrogens (tertiary/aromatic N) is 3. The molecule has 1 aromatic carbocycles. The van der Waals surface area contributed by atoms with Crippen LogP contribution in [0.1, 0.15) is 11.3 Å². The molecule has 17 heavy (non-hydrogen) atoms. The van der Waals surface area contributed by atoms with Gasteiger partial charge in [-0.2, -0.15) is 10.4 Å². The molecule has 0 bridgehead atoms. The van der Waals surface area contributed by atoms with Crippen LogP contribution in [-0.2, 0) is 13.1 Å². The van der Waals surface area contributed by atoms with Crippen molar-refractivity contribution in [2.24, 2.45) is 0 Å². The fourth-order valence-electron chi connectivity index (χ4n) is 2.06. The predicted molar refractivity (Wildman–Crippen MR) is 58.8 cm³/mol. The van der Waals surface area contributed by atoms with Crippen molar-refractivity contribution < 1.29 is 4.39 Å². The highest BCUT2D eigenvalue weighted by Crippen LogP contribution is 2.30. The summed E-state index contributed by atoms with van der Waals surface area (Å²) < 4.78 is 12.8. The van der Waals surface area contributed by atoms with Gasteiger partial charge in [0, 0.05) is 11.1 Å². The lowest BCUT2D eigenvalue weighted by Crippen LogP contribution is -2.08. The summed E-state index contributed by atoms with van der Waals surface area (Å²) in [6.07, 6.45) is 2.11. The molecule has 5 heteroatoms. The number of halogens is 1. The Bertz CT molecular complexity index is 594. The monoisotopic (exact) mass is 228 g/mol. The van der Waals surface area contributed by atoms with Gasteiger partial charge >= 0.3 is 0 Å². The molecule has 1 N–H and O–H groups in total. The number of nitriles is 1. The molecule has 4 nitrogen and oxygen atoms in total. The van der Waals surface area contributed by atoms with Crippen LogP contribution in [-0.4, -0.2) is 15.1 Å². The van der Waals surface area contributed by atoms with E-state index >= 15 is 0 Å². The molecule has 3 rings (SSSR count). The summed E-state index contributed by atoms with van der Waals surface area (Å²) in [7, 11) is 0. The molecule has 0 radical (unpaired) electrons. The van der Waals surface area contributed by atoms with Gasteiger partial charge in [0.15, 0.2) is 6.19 Å². The van der Waals surface area contributed by atoms with Crippen LogP contribution in [0.4, 0.5) is 4.39 Å². The van der Waals surface area contributed by atoms with Gasteiger partial charge in [0.1, 0.15) is 5.82 Å². The third kappa shape index (κ3) is 1.54. The van der Waals surface area contributed by atoms with Crippen molar-refractivity contribution in [1.82, 2.24) is 15.1 Å². The van der Waals surface area contributed by atoms with Gasteiger partial charge in [0.05, 0.1) is 24.5 Å². The summed E-state index contributed by atoms with van der Waals surface area (Å²) in [5, 5.41) is 16.0. The number of aromatic amines is 1. The first-order chi connectivity index (χ1) is 8.28. The Balaban J connectivity index is 2.02. The topological polar surface area (TPSA) is 55.7 Å². The van der Waals surface area contributed by atoms with E-state index in [2.05, 4.69) is 16.4 Å². The first-order valence-electron chi connectivity index (χ1n) is 5.24. The van der Waals surface area contributed by atoms with E-state index < -0.39 is 0 Å². The van der Waals surface area contributed by atoms with Gasteiger partial charge in [-0.3, -0.25) is 5.10 Å². The quantitative estimate of drug-likeness (QED) is 0.759. The molecule has 1 aliphatic heterocycles. The molecule has 0 saturated heterocycles. The number of H-pyrrole nitrogens is 1. The lowest BCUT2D eigenvalue weighted by atomic mass is 10.1. The van der Waals surface area contributed by atoms with Gasteiger partial charge in [-0.15, -0.1) is 0 Å². The molecule has 2 aromatic rings. The zero-order valence-electron chi connectivity index (χ0n) is 8.94. The van der Waals surface area contributed by atoms with Gasteiger partial charge in [-0.05, 0) is 24.3 Å². The number of fused-ring (bicyclic) bond motifs is 1. The van der Waals surface area contributed by atoms with Crippen molar-refractivity contribution in [3.63, 3.8) is 0 Å². The fraction of sp³-hybridized carbons (Fsp3) is 0.167. The summed E-state index contributed by atoms with van der Waals surface area (Å²) in [6.45, 7) is 1.13. The Morgan fingerprint density at radius 3 is 2.76 bits per heavy atom. The number of aromatic nitrogens is 2. The summed E-state index contributed by atoms with van der Waals surface area (Å²) >= 11 is 0. The Labute approximate surface area is 97.3 Å². The number of nitrogens with one attached hydrogen (secondary N) is 1. The van der Waals surface area contributed by atoms with Gasteiger partial charge in [-0.1, -0.05) is 0 Å². The van der Waals surface area contributed by atoms with Gasteiger partial charge in [-0.25, -0.2) is 4.39 Å². The SMILES string of the molecule is N#CN1Cc2[nH]nc(-c3ccc(F)cc3)c2C1. The minimum Gasteiger partial charge on any atom is -0.300 e. The first kappa shape index (κ1) is 9.85. The third-order valence-corrected chi connectivity index (χ3v) is 2.91. The second kappa shape index (κ2) is 3.59. The molecule has 0 aliphatic carbocycles. The fourth-order valence-corrected chi connectivity index (χ4v) is 2.06. The molecule has 0 amide bonds. The average Bonchev–Trinajstić information content (AvgIpc) is 2.89. The van der Waals surface area contributed by atoms with E-state index in [9.17, 15) is 4.39 Å². The molecule has 84 valence electrons. The predicted octanol–water partition coefficient (Wildman–Crippen LogP) is 2.01. The second-order valence-corrected chi connectivity index (χ2v) is 3.99. The number of hydrogen-bond acceptors (Lipinski definition) is 3. The zero-order valence-corrected chi connectivity index (χ0v) is 8.94. The Hall–Kier alpha value is -2.35. The second-order valence-electron chi connectivity index (χ2n) is 3.99. The molecule has 0 fully saturated rings. The van der Waals surface area contributed by atoms with E-state index in [1.165, 1.54) is 12.1 Å². The maximum absolute atomic E-state index is 12.8. The summed E-state index contributed by atoms with van der Waals surface area (Å²) in [6, 6.07) is 6.21. The van der Waals surface area contributed by atoms with Crippen molar-refractivity contribution in [2.75, 3.05) is 0 Å². The van der Waals surface area contributed by atoms with Crippen molar-refractivity contribution in [1.29, 1.82) is 5.26 Å². The maximum Gasteiger partial charge on any atom is 0.180 e. The first-order valence-corrected chi connectivity index (χ1v) is 5.24. The molecule has 0 unspecified atom stereocenters. The minimum atomic E-state index is -0.264. The van der Waals surface area contributed by atoms with E-state index in [-0.39, 0.29) is 5.82 Å². The van der Waals surface area contributed by atoms with Crippen LogP contribution in [0.3, 0.4) is 0 Å². The normalized spacial score (nSPS) is 13.5. The lowest BCUT2D eigenvalue weighted by Gasteiger charge is -2.04. The van der Waals surface area contributed by atoms with Gasteiger partial charge < -0.3 is 4.90 Å². The number of rotatable bonds is 1. The summed E-state index contributed by atoms with van der Waals surface area (Å²) in [5.74, 6) is -0.264. The zero-order chi connectivity index (χ0) is 11.8. The maximum atomic E-state index is 12.8.